The predicted octanol–water partition coefficient (Wildman–Crippen LogP) is -4.61. The number of carbonyl (C=O) groups excluding carboxylic acids is 7. The van der Waals surface area contributed by atoms with Gasteiger partial charge in [0.05, 0.1) is 12.5 Å². The van der Waals surface area contributed by atoms with Gasteiger partial charge in [0.1, 0.15) is 30.2 Å². The summed E-state index contributed by atoms with van der Waals surface area (Å²) in [6.07, 6.45) is 1.58. The second-order valence-electron chi connectivity index (χ2n) is 11.9. The molecule has 22 nitrogen and oxygen atoms in total. The van der Waals surface area contributed by atoms with Gasteiger partial charge >= 0.3 is 11.9 Å². The van der Waals surface area contributed by atoms with Crippen LogP contribution in [0.5, 0.6) is 0 Å². The van der Waals surface area contributed by atoms with E-state index in [1.54, 1.807) is 12.5 Å². The molecule has 17 N–H and O–H groups in total. The number of aliphatic carboxylic acids is 2. The first-order valence-electron chi connectivity index (χ1n) is 16.6. The molecule has 0 aromatic carbocycles. The third-order valence-corrected chi connectivity index (χ3v) is 8.69. The van der Waals surface area contributed by atoms with Gasteiger partial charge in [0.2, 0.25) is 41.4 Å². The molecule has 0 spiro atoms. The molecule has 0 bridgehead atoms. The van der Waals surface area contributed by atoms with Gasteiger partial charge in [-0.25, -0.2) is 4.79 Å². The highest BCUT2D eigenvalue weighted by molar-refractivity contribution is 7.98. The number of guanidine groups is 1. The first kappa shape index (κ1) is 49.2. The molecule has 0 aliphatic heterocycles. The van der Waals surface area contributed by atoms with Gasteiger partial charge in [0, 0.05) is 19.4 Å². The van der Waals surface area contributed by atoms with Crippen molar-refractivity contribution in [2.24, 2.45) is 33.7 Å². The maximum absolute atomic E-state index is 13.7. The number of rotatable bonds is 29. The fourth-order valence-corrected chi connectivity index (χ4v) is 5.46. The van der Waals surface area contributed by atoms with Crippen molar-refractivity contribution in [1.29, 1.82) is 0 Å². The summed E-state index contributed by atoms with van der Waals surface area (Å²) in [5.74, 6) is -8.50. The van der Waals surface area contributed by atoms with Gasteiger partial charge < -0.3 is 65.5 Å². The molecule has 0 fully saturated rings. The number of aliphatic imine (C=N–C) groups is 1. The quantitative estimate of drug-likeness (QED) is 0.0192. The van der Waals surface area contributed by atoms with E-state index in [1.165, 1.54) is 23.5 Å². The summed E-state index contributed by atoms with van der Waals surface area (Å²) < 4.78 is 0. The van der Waals surface area contributed by atoms with Crippen LogP contribution in [0.25, 0.3) is 0 Å². The van der Waals surface area contributed by atoms with Crippen LogP contribution < -0.4 is 55.3 Å². The largest absolute Gasteiger partial charge is 0.481 e. The van der Waals surface area contributed by atoms with E-state index in [9.17, 15) is 53.4 Å². The fraction of sp³-hybridized carbons (Fsp3) is 0.667. The maximum Gasteiger partial charge on any atom is 0.326 e. The Morgan fingerprint density at radius 1 is 0.574 bits per heavy atom. The number of hydrogen-bond donors (Lipinski definition) is 12. The minimum atomic E-state index is -1.67. The van der Waals surface area contributed by atoms with E-state index in [1.807, 2.05) is 0 Å². The third-order valence-electron chi connectivity index (χ3n) is 7.40. The Kier molecular flexibility index (Phi) is 24.4. The van der Waals surface area contributed by atoms with Crippen molar-refractivity contribution in [3.63, 3.8) is 0 Å². The van der Waals surface area contributed by atoms with E-state index in [0.717, 1.165) is 0 Å². The van der Waals surface area contributed by atoms with Crippen molar-refractivity contribution in [3.8, 4) is 0 Å². The Bertz CT molecular complexity index is 1350. The lowest BCUT2D eigenvalue weighted by Crippen LogP contribution is -2.59. The molecule has 0 heterocycles. The highest BCUT2D eigenvalue weighted by atomic mass is 32.2. The highest BCUT2D eigenvalue weighted by Crippen LogP contribution is 2.09. The van der Waals surface area contributed by atoms with Crippen LogP contribution in [0, 0.1) is 0 Å². The second kappa shape index (κ2) is 26.9. The van der Waals surface area contributed by atoms with Gasteiger partial charge in [-0.1, -0.05) is 0 Å². The highest BCUT2D eigenvalue weighted by Gasteiger charge is 2.33. The van der Waals surface area contributed by atoms with E-state index in [4.69, 9.17) is 28.7 Å². The van der Waals surface area contributed by atoms with Crippen LogP contribution in [-0.4, -0.2) is 136 Å². The van der Waals surface area contributed by atoms with E-state index >= 15 is 0 Å². The Hall–Kier alpha value is -4.84. The van der Waals surface area contributed by atoms with Crippen LogP contribution in [0.2, 0.25) is 0 Å². The van der Waals surface area contributed by atoms with Crippen molar-refractivity contribution in [3.05, 3.63) is 0 Å². The summed E-state index contributed by atoms with van der Waals surface area (Å²) in [4.78, 5) is 116. The number of nitrogens with one attached hydrogen (secondary N) is 5. The molecule has 0 unspecified atom stereocenters. The van der Waals surface area contributed by atoms with E-state index in [-0.39, 0.29) is 57.5 Å². The molecule has 0 aliphatic carbocycles. The minimum absolute atomic E-state index is 0.0218. The average molecular weight is 808 g/mol. The second-order valence-corrected chi connectivity index (χ2v) is 13.8. The molecule has 7 amide bonds. The van der Waals surface area contributed by atoms with Gasteiger partial charge in [-0.05, 0) is 62.5 Å². The Labute approximate surface area is 320 Å². The van der Waals surface area contributed by atoms with Gasteiger partial charge in [0.15, 0.2) is 5.96 Å². The molecule has 0 aromatic rings. The molecule has 0 saturated carbocycles. The molecule has 0 aromatic heterocycles. The van der Waals surface area contributed by atoms with Crippen molar-refractivity contribution in [2.45, 2.75) is 94.0 Å². The number of carboxylic acids is 2. The SMILES string of the molecule is CSCC[C@H](NC(=O)[C@H](CCCN=C(N)N)NC(=O)[C@H](CCSC)NC(=O)[C@H](CCC(=O)O)NC(=O)[C@@H](N)CCC(N)=O)C(=O)N[C@@H](CC(N)=O)C(=O)O. The summed E-state index contributed by atoms with van der Waals surface area (Å²) in [7, 11) is 0. The summed E-state index contributed by atoms with van der Waals surface area (Å²) in [6.45, 7) is 0.0466. The summed E-state index contributed by atoms with van der Waals surface area (Å²) in [5.41, 5.74) is 26.8. The number of primary amides is 2. The van der Waals surface area contributed by atoms with Crippen LogP contribution in [0.3, 0.4) is 0 Å². The standard InChI is InChI=1S/C30H53N11O11S2/c1-53-12-9-18(40-26(48)17(6-8-23(44)45)37-24(46)15(31)5-7-21(32)42)27(49)38-16(4-3-11-36-30(34)35)25(47)39-19(10-13-54-2)28(50)41-20(29(51)52)14-22(33)43/h15-20H,3-14,31H2,1-2H3,(H2,32,42)(H2,33,43)(H,37,46)(H,38,49)(H,39,47)(H,40,48)(H,41,50)(H,44,45)(H,51,52)(H4,34,35,36)/t15-,16-,17-,18-,19-,20-/m0/s1. The van der Waals surface area contributed by atoms with E-state index in [0.29, 0.717) is 11.5 Å². The number of nitrogens with zero attached hydrogens (tertiary/aromatic N) is 1. The molecule has 0 aliphatic rings. The van der Waals surface area contributed by atoms with Crippen molar-refractivity contribution >= 4 is 82.8 Å². The minimum Gasteiger partial charge on any atom is -0.481 e. The van der Waals surface area contributed by atoms with Gasteiger partial charge in [0.25, 0.3) is 0 Å². The Balaban J connectivity index is 6.33. The molecule has 0 radical (unpaired) electrons. The third kappa shape index (κ3) is 21.6. The maximum atomic E-state index is 13.7. The van der Waals surface area contributed by atoms with E-state index in [2.05, 4.69) is 31.6 Å². The van der Waals surface area contributed by atoms with Crippen LogP contribution in [0.1, 0.15) is 57.8 Å². The molecule has 54 heavy (non-hydrogen) atoms. The van der Waals surface area contributed by atoms with Crippen LogP contribution in [0.4, 0.5) is 0 Å². The molecule has 24 heteroatoms. The zero-order valence-corrected chi connectivity index (χ0v) is 31.8. The number of nitrogens with two attached hydrogens (primary N) is 5. The van der Waals surface area contributed by atoms with Gasteiger partial charge in [-0.15, -0.1) is 0 Å². The topological polar surface area (TPSA) is 397 Å². The first-order valence-corrected chi connectivity index (χ1v) is 19.4. The van der Waals surface area contributed by atoms with Crippen LogP contribution in [-0.2, 0) is 43.2 Å². The van der Waals surface area contributed by atoms with Gasteiger partial charge in [-0.2, -0.15) is 23.5 Å². The molecule has 0 saturated heterocycles. The normalized spacial score (nSPS) is 14.1. The Morgan fingerprint density at radius 2 is 1.00 bits per heavy atom. The van der Waals surface area contributed by atoms with Crippen molar-refractivity contribution in [1.82, 2.24) is 26.6 Å². The lowest BCUT2D eigenvalue weighted by molar-refractivity contribution is -0.143. The van der Waals surface area contributed by atoms with Crippen LogP contribution in [0.15, 0.2) is 4.99 Å². The lowest BCUT2D eigenvalue weighted by Gasteiger charge is -2.27. The fourth-order valence-electron chi connectivity index (χ4n) is 4.52. The Morgan fingerprint density at radius 3 is 1.39 bits per heavy atom. The summed E-state index contributed by atoms with van der Waals surface area (Å²) in [6, 6.07) is -8.36. The number of thioether (sulfide) groups is 2. The predicted molar refractivity (Wildman–Crippen MR) is 200 cm³/mol. The van der Waals surface area contributed by atoms with Gasteiger partial charge in [-0.3, -0.25) is 43.3 Å². The number of hydrogen-bond acceptors (Lipinski definition) is 13. The molecular formula is C30H53N11O11S2. The molecule has 306 valence electrons. The number of amides is 7. The average Bonchev–Trinajstić information content (AvgIpc) is 3.08. The van der Waals surface area contributed by atoms with Crippen molar-refractivity contribution < 1.29 is 53.4 Å². The zero-order valence-electron chi connectivity index (χ0n) is 30.2. The smallest absolute Gasteiger partial charge is 0.326 e. The number of carbonyl (C=O) groups is 9. The zero-order chi connectivity index (χ0) is 41.4. The van der Waals surface area contributed by atoms with Crippen molar-refractivity contribution in [2.75, 3.05) is 30.6 Å². The molecule has 6 atom stereocenters. The monoisotopic (exact) mass is 807 g/mol. The summed E-state index contributed by atoms with van der Waals surface area (Å²) >= 11 is 2.65. The molecule has 0 rings (SSSR count). The number of carboxylic acid groups (broad SMARTS) is 2. The van der Waals surface area contributed by atoms with Crippen LogP contribution >= 0.6 is 23.5 Å². The van der Waals surface area contributed by atoms with E-state index < -0.39 is 102 Å². The summed E-state index contributed by atoms with van der Waals surface area (Å²) in [5, 5.41) is 30.8. The molecular weight excluding hydrogens is 755 g/mol. The lowest BCUT2D eigenvalue weighted by atomic mass is 10.1. The first-order chi connectivity index (χ1) is 25.3.